The van der Waals surface area contributed by atoms with Crippen LogP contribution < -0.4 is 21.3 Å². The van der Waals surface area contributed by atoms with Crippen molar-refractivity contribution in [2.45, 2.75) is 39.2 Å². The highest BCUT2D eigenvalue weighted by molar-refractivity contribution is 6.01. The number of rotatable bonds is 4. The molecule has 1 heterocycles. The number of urea groups is 1. The SMILES string of the molecule is CC(C)NC(=O)Nc1ccccc1NC(=O)C1CC12CCNCC2.Cl. The summed E-state index contributed by atoms with van der Waals surface area (Å²) in [5.74, 6) is 0.160. The molecule has 1 unspecified atom stereocenters. The van der Waals surface area contributed by atoms with Crippen LogP contribution in [-0.2, 0) is 4.79 Å². The van der Waals surface area contributed by atoms with Gasteiger partial charge in [-0.25, -0.2) is 4.79 Å². The largest absolute Gasteiger partial charge is 0.336 e. The summed E-state index contributed by atoms with van der Waals surface area (Å²) in [5.41, 5.74) is 1.47. The van der Waals surface area contributed by atoms with Gasteiger partial charge in [0.25, 0.3) is 0 Å². The summed E-state index contributed by atoms with van der Waals surface area (Å²) in [7, 11) is 0. The van der Waals surface area contributed by atoms with Crippen molar-refractivity contribution in [1.82, 2.24) is 10.6 Å². The second kappa shape index (κ2) is 8.06. The molecule has 4 N–H and O–H groups in total. The Balaban J connectivity index is 0.00000225. The normalized spacial score (nSPS) is 20.5. The molecule has 1 atom stereocenters. The zero-order valence-electron chi connectivity index (χ0n) is 14.7. The summed E-state index contributed by atoms with van der Waals surface area (Å²) in [6, 6.07) is 7.09. The predicted molar refractivity (Wildman–Crippen MR) is 102 cm³/mol. The number of anilines is 2. The van der Waals surface area contributed by atoms with Crippen LogP contribution in [0.25, 0.3) is 0 Å². The molecule has 0 radical (unpaired) electrons. The number of amides is 3. The summed E-state index contributed by atoms with van der Waals surface area (Å²) < 4.78 is 0. The Morgan fingerprint density at radius 3 is 2.32 bits per heavy atom. The van der Waals surface area contributed by atoms with Crippen LogP contribution in [-0.4, -0.2) is 31.1 Å². The first-order chi connectivity index (χ1) is 11.5. The number of carbonyl (C=O) groups is 2. The van der Waals surface area contributed by atoms with E-state index < -0.39 is 0 Å². The third kappa shape index (κ3) is 4.64. The summed E-state index contributed by atoms with van der Waals surface area (Å²) >= 11 is 0. The van der Waals surface area contributed by atoms with E-state index in [1.54, 1.807) is 6.07 Å². The number of benzene rings is 1. The highest BCUT2D eigenvalue weighted by Gasteiger charge is 2.57. The number of piperidine rings is 1. The Morgan fingerprint density at radius 1 is 1.12 bits per heavy atom. The first-order valence-electron chi connectivity index (χ1n) is 8.68. The number of hydrogen-bond donors (Lipinski definition) is 4. The molecule has 138 valence electrons. The minimum atomic E-state index is -0.270. The summed E-state index contributed by atoms with van der Waals surface area (Å²) in [6.45, 7) is 5.80. The molecule has 7 heteroatoms. The van der Waals surface area contributed by atoms with Gasteiger partial charge in [-0.3, -0.25) is 4.79 Å². The average Bonchev–Trinajstić information content (AvgIpc) is 3.22. The lowest BCUT2D eigenvalue weighted by molar-refractivity contribution is -0.118. The first-order valence-corrected chi connectivity index (χ1v) is 8.68. The minimum Gasteiger partial charge on any atom is -0.336 e. The molecule has 25 heavy (non-hydrogen) atoms. The quantitative estimate of drug-likeness (QED) is 0.661. The van der Waals surface area contributed by atoms with E-state index in [1.807, 2.05) is 32.0 Å². The number of nitrogens with one attached hydrogen (secondary N) is 4. The third-order valence-electron chi connectivity index (χ3n) is 4.96. The highest BCUT2D eigenvalue weighted by Crippen LogP contribution is 2.58. The summed E-state index contributed by atoms with van der Waals surface area (Å²) in [5, 5.41) is 11.9. The third-order valence-corrected chi connectivity index (χ3v) is 4.96. The van der Waals surface area contributed by atoms with E-state index >= 15 is 0 Å². The van der Waals surface area contributed by atoms with Crippen LogP contribution in [0.15, 0.2) is 24.3 Å². The molecule has 3 rings (SSSR count). The van der Waals surface area contributed by atoms with Crippen molar-refractivity contribution in [2.75, 3.05) is 23.7 Å². The van der Waals surface area contributed by atoms with E-state index in [4.69, 9.17) is 0 Å². The van der Waals surface area contributed by atoms with Gasteiger partial charge < -0.3 is 21.3 Å². The molecule has 2 aliphatic rings. The van der Waals surface area contributed by atoms with Crippen molar-refractivity contribution in [3.05, 3.63) is 24.3 Å². The molecular weight excluding hydrogens is 340 g/mol. The van der Waals surface area contributed by atoms with Gasteiger partial charge in [0.05, 0.1) is 11.4 Å². The molecular formula is C18H27ClN4O2. The van der Waals surface area contributed by atoms with Crippen LogP contribution in [0.5, 0.6) is 0 Å². The topological polar surface area (TPSA) is 82.3 Å². The summed E-state index contributed by atoms with van der Waals surface area (Å²) in [6.07, 6.45) is 3.12. The van der Waals surface area contributed by atoms with E-state index in [0.717, 1.165) is 32.4 Å². The molecule has 3 amide bonds. The van der Waals surface area contributed by atoms with E-state index in [2.05, 4.69) is 21.3 Å². The fourth-order valence-electron chi connectivity index (χ4n) is 3.54. The van der Waals surface area contributed by atoms with Gasteiger partial charge in [-0.05, 0) is 63.7 Å². The Kier molecular flexibility index (Phi) is 6.30. The number of halogens is 1. The number of carbonyl (C=O) groups excluding carboxylic acids is 2. The van der Waals surface area contributed by atoms with Crippen molar-refractivity contribution in [1.29, 1.82) is 0 Å². The van der Waals surface area contributed by atoms with Crippen molar-refractivity contribution in [3.63, 3.8) is 0 Å². The van der Waals surface area contributed by atoms with Gasteiger partial charge >= 0.3 is 6.03 Å². The zero-order valence-corrected chi connectivity index (χ0v) is 15.5. The van der Waals surface area contributed by atoms with Crippen LogP contribution in [0, 0.1) is 11.3 Å². The van der Waals surface area contributed by atoms with Gasteiger partial charge in [0.15, 0.2) is 0 Å². The number of para-hydroxylation sites is 2. The van der Waals surface area contributed by atoms with Gasteiger partial charge in [-0.2, -0.15) is 0 Å². The molecule has 6 nitrogen and oxygen atoms in total. The lowest BCUT2D eigenvalue weighted by atomic mass is 9.92. The van der Waals surface area contributed by atoms with Gasteiger partial charge in [0.2, 0.25) is 5.91 Å². The second-order valence-electron chi connectivity index (χ2n) is 7.16. The predicted octanol–water partition coefficient (Wildman–Crippen LogP) is 2.97. The van der Waals surface area contributed by atoms with Gasteiger partial charge in [-0.1, -0.05) is 12.1 Å². The Labute approximate surface area is 154 Å². The van der Waals surface area contributed by atoms with Crippen LogP contribution in [0.2, 0.25) is 0 Å². The molecule has 1 aliphatic heterocycles. The first kappa shape index (κ1) is 19.5. The molecule has 2 fully saturated rings. The van der Waals surface area contributed by atoms with Crippen LogP contribution in [0.3, 0.4) is 0 Å². The Bertz CT molecular complexity index is 629. The van der Waals surface area contributed by atoms with E-state index in [0.29, 0.717) is 11.4 Å². The van der Waals surface area contributed by atoms with Gasteiger partial charge in [-0.15, -0.1) is 12.4 Å². The Morgan fingerprint density at radius 2 is 1.72 bits per heavy atom. The summed E-state index contributed by atoms with van der Waals surface area (Å²) in [4.78, 5) is 24.5. The molecule has 1 saturated carbocycles. The monoisotopic (exact) mass is 366 g/mol. The smallest absolute Gasteiger partial charge is 0.319 e. The van der Waals surface area contributed by atoms with Crippen molar-refractivity contribution in [2.24, 2.45) is 11.3 Å². The molecule has 0 aromatic heterocycles. The molecule has 1 spiro atoms. The van der Waals surface area contributed by atoms with E-state index in [-0.39, 0.29) is 41.7 Å². The van der Waals surface area contributed by atoms with Crippen molar-refractivity contribution < 1.29 is 9.59 Å². The standard InChI is InChI=1S/C18H26N4O2.ClH/c1-12(2)20-17(24)22-15-6-4-3-5-14(15)21-16(23)13-11-18(13)7-9-19-10-8-18;/h3-6,12-13,19H,7-11H2,1-2H3,(H,21,23)(H2,20,22,24);1H. The van der Waals surface area contributed by atoms with Gasteiger partial charge in [0.1, 0.15) is 0 Å². The molecule has 1 aliphatic carbocycles. The zero-order chi connectivity index (χ0) is 17.2. The Hall–Kier alpha value is -1.79. The van der Waals surface area contributed by atoms with Crippen molar-refractivity contribution in [3.8, 4) is 0 Å². The molecule has 1 saturated heterocycles. The fourth-order valence-corrected chi connectivity index (χ4v) is 3.54. The number of hydrogen-bond acceptors (Lipinski definition) is 3. The van der Waals surface area contributed by atoms with Crippen molar-refractivity contribution >= 4 is 35.7 Å². The lowest BCUT2D eigenvalue weighted by Gasteiger charge is -2.23. The highest BCUT2D eigenvalue weighted by atomic mass is 35.5. The van der Waals surface area contributed by atoms with E-state index in [9.17, 15) is 9.59 Å². The van der Waals surface area contributed by atoms with E-state index in [1.165, 1.54) is 0 Å². The minimum absolute atomic E-state index is 0. The second-order valence-corrected chi connectivity index (χ2v) is 7.16. The molecule has 1 aromatic rings. The maximum Gasteiger partial charge on any atom is 0.319 e. The molecule has 0 bridgehead atoms. The van der Waals surface area contributed by atoms with Crippen LogP contribution in [0.4, 0.5) is 16.2 Å². The van der Waals surface area contributed by atoms with Gasteiger partial charge in [0, 0.05) is 12.0 Å². The van der Waals surface area contributed by atoms with Crippen LogP contribution in [0.1, 0.15) is 33.1 Å². The lowest BCUT2D eigenvalue weighted by Crippen LogP contribution is -2.34. The maximum absolute atomic E-state index is 12.6. The maximum atomic E-state index is 12.6. The van der Waals surface area contributed by atoms with Crippen LogP contribution >= 0.6 is 12.4 Å². The fraction of sp³-hybridized carbons (Fsp3) is 0.556. The average molecular weight is 367 g/mol. The molecule has 1 aromatic carbocycles.